The summed E-state index contributed by atoms with van der Waals surface area (Å²) in [5.74, 6) is 0.816. The van der Waals surface area contributed by atoms with Crippen LogP contribution in [0.1, 0.15) is 5.56 Å². The number of benzene rings is 2. The molecule has 3 aromatic rings. The predicted molar refractivity (Wildman–Crippen MR) is 71.3 cm³/mol. The van der Waals surface area contributed by atoms with Crippen molar-refractivity contribution in [2.24, 2.45) is 0 Å². The number of fused-ring (bicyclic) bond motifs is 1. The van der Waals surface area contributed by atoms with E-state index in [1.807, 2.05) is 49.4 Å². The molecule has 0 aliphatic carbocycles. The molecule has 1 aromatic heterocycles. The third kappa shape index (κ3) is 1.81. The second kappa shape index (κ2) is 3.90. The minimum Gasteiger partial charge on any atom is -0.338 e. The molecular formula is C14H11ClN2. The van der Waals surface area contributed by atoms with Gasteiger partial charge < -0.3 is 4.98 Å². The average molecular weight is 243 g/mol. The number of aryl methyl sites for hydroxylation is 1. The maximum atomic E-state index is 6.23. The largest absolute Gasteiger partial charge is 0.338 e. The van der Waals surface area contributed by atoms with Gasteiger partial charge in [-0.1, -0.05) is 29.8 Å². The molecule has 0 unspecified atom stereocenters. The molecule has 2 nitrogen and oxygen atoms in total. The number of nitrogens with zero attached hydrogens (tertiary/aromatic N) is 1. The third-order valence-corrected chi connectivity index (χ3v) is 3.08. The summed E-state index contributed by atoms with van der Waals surface area (Å²) < 4.78 is 0. The summed E-state index contributed by atoms with van der Waals surface area (Å²) in [6, 6.07) is 13.9. The quantitative estimate of drug-likeness (QED) is 0.681. The van der Waals surface area contributed by atoms with Gasteiger partial charge in [0.25, 0.3) is 0 Å². The van der Waals surface area contributed by atoms with E-state index in [2.05, 4.69) is 9.97 Å². The number of H-pyrrole nitrogens is 1. The van der Waals surface area contributed by atoms with Crippen LogP contribution in [0.5, 0.6) is 0 Å². The molecule has 17 heavy (non-hydrogen) atoms. The first-order valence-electron chi connectivity index (χ1n) is 5.45. The molecule has 1 N–H and O–H groups in total. The Morgan fingerprint density at radius 1 is 1.12 bits per heavy atom. The van der Waals surface area contributed by atoms with E-state index in [1.165, 1.54) is 0 Å². The monoisotopic (exact) mass is 242 g/mol. The highest BCUT2D eigenvalue weighted by molar-refractivity contribution is 6.33. The first-order valence-corrected chi connectivity index (χ1v) is 5.83. The van der Waals surface area contributed by atoms with Crippen LogP contribution >= 0.6 is 11.6 Å². The Morgan fingerprint density at radius 2 is 1.94 bits per heavy atom. The Hall–Kier alpha value is -1.80. The Kier molecular flexibility index (Phi) is 2.37. The van der Waals surface area contributed by atoms with E-state index in [-0.39, 0.29) is 0 Å². The summed E-state index contributed by atoms with van der Waals surface area (Å²) >= 11 is 6.23. The molecule has 0 fully saturated rings. The molecule has 0 bridgehead atoms. The normalized spacial score (nSPS) is 10.9. The van der Waals surface area contributed by atoms with Gasteiger partial charge in [-0.25, -0.2) is 4.98 Å². The third-order valence-electron chi connectivity index (χ3n) is 2.77. The molecule has 0 radical (unpaired) electrons. The average Bonchev–Trinajstić information content (AvgIpc) is 2.72. The highest BCUT2D eigenvalue weighted by atomic mass is 35.5. The summed E-state index contributed by atoms with van der Waals surface area (Å²) in [7, 11) is 0. The van der Waals surface area contributed by atoms with Crippen molar-refractivity contribution in [1.82, 2.24) is 9.97 Å². The van der Waals surface area contributed by atoms with Crippen molar-refractivity contribution in [3.8, 4) is 11.4 Å². The van der Waals surface area contributed by atoms with E-state index in [9.17, 15) is 0 Å². The molecule has 0 spiro atoms. The summed E-state index contributed by atoms with van der Waals surface area (Å²) in [6.45, 7) is 2.02. The van der Waals surface area contributed by atoms with Crippen LogP contribution in [-0.2, 0) is 0 Å². The van der Waals surface area contributed by atoms with Crippen molar-refractivity contribution in [3.63, 3.8) is 0 Å². The number of hydrogen-bond acceptors (Lipinski definition) is 1. The van der Waals surface area contributed by atoms with Gasteiger partial charge in [-0.3, -0.25) is 0 Å². The predicted octanol–water partition coefficient (Wildman–Crippen LogP) is 4.19. The van der Waals surface area contributed by atoms with E-state index in [0.29, 0.717) is 0 Å². The lowest BCUT2D eigenvalue weighted by Crippen LogP contribution is -1.83. The minimum absolute atomic E-state index is 0.726. The summed E-state index contributed by atoms with van der Waals surface area (Å²) in [5.41, 5.74) is 4.07. The van der Waals surface area contributed by atoms with Crippen LogP contribution in [-0.4, -0.2) is 9.97 Å². The fourth-order valence-corrected chi connectivity index (χ4v) is 2.22. The number of rotatable bonds is 1. The molecule has 3 heteroatoms. The maximum absolute atomic E-state index is 6.23. The molecule has 1 heterocycles. The highest BCUT2D eigenvalue weighted by Crippen LogP contribution is 2.28. The lowest BCUT2D eigenvalue weighted by Gasteiger charge is -2.01. The SMILES string of the molecule is Cc1ccc(-c2nc3ccccc3[nH]2)c(Cl)c1. The molecular weight excluding hydrogens is 232 g/mol. The fraction of sp³-hybridized carbons (Fsp3) is 0.0714. The number of nitrogens with one attached hydrogen (secondary N) is 1. The van der Waals surface area contributed by atoms with Crippen LogP contribution < -0.4 is 0 Å². The zero-order chi connectivity index (χ0) is 11.8. The second-order valence-corrected chi connectivity index (χ2v) is 4.49. The van der Waals surface area contributed by atoms with Crippen molar-refractivity contribution in [3.05, 3.63) is 53.1 Å². The first-order chi connectivity index (χ1) is 8.24. The Bertz CT molecular complexity index is 653. The van der Waals surface area contributed by atoms with E-state index in [4.69, 9.17) is 11.6 Å². The van der Waals surface area contributed by atoms with E-state index in [1.54, 1.807) is 0 Å². The van der Waals surface area contributed by atoms with Crippen LogP contribution in [0, 0.1) is 6.92 Å². The molecule has 0 saturated heterocycles. The van der Waals surface area contributed by atoms with Crippen LogP contribution in [0.3, 0.4) is 0 Å². The summed E-state index contributed by atoms with van der Waals surface area (Å²) in [4.78, 5) is 7.81. The number of hydrogen-bond donors (Lipinski definition) is 1. The first kappa shape index (κ1) is 10.4. The Balaban J connectivity index is 2.20. The molecule has 0 aliphatic rings. The summed E-state index contributed by atoms with van der Waals surface area (Å²) in [6.07, 6.45) is 0. The molecule has 84 valence electrons. The van der Waals surface area contributed by atoms with Gasteiger partial charge in [0.2, 0.25) is 0 Å². The van der Waals surface area contributed by atoms with Gasteiger partial charge >= 0.3 is 0 Å². The number of aromatic amines is 1. The van der Waals surface area contributed by atoms with Crippen LogP contribution in [0.15, 0.2) is 42.5 Å². The number of imidazole rings is 1. The standard InChI is InChI=1S/C14H11ClN2/c1-9-6-7-10(11(15)8-9)14-16-12-4-2-3-5-13(12)17-14/h2-8H,1H3,(H,16,17). The Labute approximate surface area is 104 Å². The smallest absolute Gasteiger partial charge is 0.139 e. The minimum atomic E-state index is 0.726. The molecule has 3 rings (SSSR count). The van der Waals surface area contributed by atoms with Gasteiger partial charge in [-0.2, -0.15) is 0 Å². The van der Waals surface area contributed by atoms with Crippen molar-refractivity contribution in [1.29, 1.82) is 0 Å². The van der Waals surface area contributed by atoms with Crippen molar-refractivity contribution < 1.29 is 0 Å². The lowest BCUT2D eigenvalue weighted by atomic mass is 10.1. The van der Waals surface area contributed by atoms with Crippen LogP contribution in [0.4, 0.5) is 0 Å². The van der Waals surface area contributed by atoms with Crippen molar-refractivity contribution in [2.45, 2.75) is 6.92 Å². The maximum Gasteiger partial charge on any atom is 0.139 e. The topological polar surface area (TPSA) is 28.7 Å². The number of aromatic nitrogens is 2. The number of halogens is 1. The van der Waals surface area contributed by atoms with Crippen molar-refractivity contribution in [2.75, 3.05) is 0 Å². The van der Waals surface area contributed by atoms with Crippen LogP contribution in [0.25, 0.3) is 22.4 Å². The molecule has 0 atom stereocenters. The van der Waals surface area contributed by atoms with Gasteiger partial charge in [0.15, 0.2) is 0 Å². The van der Waals surface area contributed by atoms with Gasteiger partial charge in [-0.05, 0) is 36.8 Å². The zero-order valence-corrected chi connectivity index (χ0v) is 10.1. The van der Waals surface area contributed by atoms with E-state index < -0.39 is 0 Å². The fourth-order valence-electron chi connectivity index (χ4n) is 1.89. The highest BCUT2D eigenvalue weighted by Gasteiger charge is 2.08. The Morgan fingerprint density at radius 3 is 2.71 bits per heavy atom. The van der Waals surface area contributed by atoms with E-state index >= 15 is 0 Å². The molecule has 0 saturated carbocycles. The summed E-state index contributed by atoms with van der Waals surface area (Å²) in [5, 5.41) is 0.726. The van der Waals surface area contributed by atoms with Gasteiger partial charge in [0.05, 0.1) is 16.1 Å². The second-order valence-electron chi connectivity index (χ2n) is 4.09. The molecule has 0 aliphatic heterocycles. The van der Waals surface area contributed by atoms with Crippen molar-refractivity contribution >= 4 is 22.6 Å². The molecule has 0 amide bonds. The lowest BCUT2D eigenvalue weighted by molar-refractivity contribution is 1.33. The molecule has 2 aromatic carbocycles. The van der Waals surface area contributed by atoms with E-state index in [0.717, 1.165) is 33.0 Å². The number of para-hydroxylation sites is 2. The zero-order valence-electron chi connectivity index (χ0n) is 9.37. The van der Waals surface area contributed by atoms with Gasteiger partial charge in [0, 0.05) is 5.56 Å². The van der Waals surface area contributed by atoms with Crippen LogP contribution in [0.2, 0.25) is 5.02 Å². The van der Waals surface area contributed by atoms with Gasteiger partial charge in [0.1, 0.15) is 5.82 Å². The van der Waals surface area contributed by atoms with Gasteiger partial charge in [-0.15, -0.1) is 0 Å².